The number of nitrogens with zero attached hydrogens (tertiary/aromatic N) is 3. The Kier molecular flexibility index (Phi) is 7.71. The second-order valence-corrected chi connectivity index (χ2v) is 7.94. The van der Waals surface area contributed by atoms with Crippen LogP contribution in [-0.4, -0.2) is 56.5 Å². The number of carbonyl (C=O) groups excluding carboxylic acids is 1. The van der Waals surface area contributed by atoms with Gasteiger partial charge >= 0.3 is 0 Å². The highest BCUT2D eigenvalue weighted by Crippen LogP contribution is 2.22. The first-order valence-electron chi connectivity index (χ1n) is 10.7. The van der Waals surface area contributed by atoms with Gasteiger partial charge in [0.15, 0.2) is 5.96 Å². The summed E-state index contributed by atoms with van der Waals surface area (Å²) in [6.45, 7) is 3.47. The minimum atomic E-state index is 0.230. The van der Waals surface area contributed by atoms with Crippen LogP contribution in [0.1, 0.15) is 50.5 Å². The Morgan fingerprint density at radius 3 is 2.54 bits per heavy atom. The quantitative estimate of drug-likeness (QED) is 0.560. The molecular formula is C22H35N5O. The van der Waals surface area contributed by atoms with Gasteiger partial charge in [-0.2, -0.15) is 0 Å². The molecular weight excluding hydrogens is 350 g/mol. The van der Waals surface area contributed by atoms with Gasteiger partial charge in [0, 0.05) is 51.4 Å². The van der Waals surface area contributed by atoms with Gasteiger partial charge in [-0.1, -0.05) is 31.4 Å². The highest BCUT2D eigenvalue weighted by atomic mass is 16.2. The third kappa shape index (κ3) is 5.71. The van der Waals surface area contributed by atoms with Crippen molar-refractivity contribution in [2.75, 3.05) is 38.6 Å². The van der Waals surface area contributed by atoms with Crippen LogP contribution in [-0.2, 0) is 11.3 Å². The third-order valence-corrected chi connectivity index (χ3v) is 5.96. The van der Waals surface area contributed by atoms with E-state index < -0.39 is 0 Å². The first kappa shape index (κ1) is 20.6. The number of hydrogen-bond acceptors (Lipinski definition) is 3. The predicted molar refractivity (Wildman–Crippen MR) is 116 cm³/mol. The number of likely N-dealkylation sites (N-methyl/N-ethyl adjacent to an activating group) is 1. The fourth-order valence-electron chi connectivity index (χ4n) is 4.18. The molecule has 2 N–H and O–H groups in total. The average molecular weight is 386 g/mol. The Morgan fingerprint density at radius 2 is 1.89 bits per heavy atom. The molecule has 0 unspecified atom stereocenters. The summed E-state index contributed by atoms with van der Waals surface area (Å²) in [4.78, 5) is 20.5. The van der Waals surface area contributed by atoms with E-state index >= 15 is 0 Å². The van der Waals surface area contributed by atoms with E-state index in [0.29, 0.717) is 13.0 Å². The largest absolute Gasteiger partial charge is 0.355 e. The minimum absolute atomic E-state index is 0.230. The Bertz CT molecular complexity index is 651. The standard InChI is InChI=1S/C22H35N5O/c1-23-22(24-14-16-26(2)19-7-4-3-5-8-19)25-17-18-10-12-20(13-11-18)27-15-6-9-21(27)28/h10-13,19H,3-9,14-17H2,1-2H3,(H2,23,24,25). The molecule has 1 saturated heterocycles. The highest BCUT2D eigenvalue weighted by Gasteiger charge is 2.21. The molecule has 0 atom stereocenters. The molecule has 6 heteroatoms. The smallest absolute Gasteiger partial charge is 0.227 e. The number of carbonyl (C=O) groups is 1. The number of rotatable bonds is 7. The Hall–Kier alpha value is -2.08. The maximum Gasteiger partial charge on any atom is 0.227 e. The Labute approximate surface area is 169 Å². The van der Waals surface area contributed by atoms with Gasteiger partial charge in [0.2, 0.25) is 5.91 Å². The normalized spacial score (nSPS) is 18.8. The zero-order chi connectivity index (χ0) is 19.8. The maximum absolute atomic E-state index is 11.8. The molecule has 1 heterocycles. The molecule has 1 aromatic rings. The van der Waals surface area contributed by atoms with Crippen molar-refractivity contribution in [1.82, 2.24) is 15.5 Å². The van der Waals surface area contributed by atoms with Crippen molar-refractivity contribution in [2.45, 2.75) is 57.5 Å². The van der Waals surface area contributed by atoms with E-state index in [1.165, 1.54) is 37.7 Å². The van der Waals surface area contributed by atoms with Gasteiger partial charge in [-0.15, -0.1) is 0 Å². The first-order valence-corrected chi connectivity index (χ1v) is 10.7. The molecule has 1 aromatic carbocycles. The van der Waals surface area contributed by atoms with Gasteiger partial charge < -0.3 is 20.4 Å². The molecule has 0 radical (unpaired) electrons. The summed E-state index contributed by atoms with van der Waals surface area (Å²) in [6, 6.07) is 8.98. The Balaban J connectivity index is 1.39. The number of benzene rings is 1. The third-order valence-electron chi connectivity index (χ3n) is 5.96. The Morgan fingerprint density at radius 1 is 1.14 bits per heavy atom. The lowest BCUT2D eigenvalue weighted by Crippen LogP contribution is -2.43. The molecule has 0 aromatic heterocycles. The second kappa shape index (κ2) is 10.5. The molecule has 3 rings (SSSR count). The van der Waals surface area contributed by atoms with Crippen LogP contribution in [0.2, 0.25) is 0 Å². The van der Waals surface area contributed by atoms with Crippen LogP contribution in [0, 0.1) is 0 Å². The van der Waals surface area contributed by atoms with Gasteiger partial charge in [-0.05, 0) is 44.0 Å². The molecule has 0 spiro atoms. The van der Waals surface area contributed by atoms with Crippen molar-refractivity contribution in [3.8, 4) is 0 Å². The summed E-state index contributed by atoms with van der Waals surface area (Å²) in [5.41, 5.74) is 2.18. The van der Waals surface area contributed by atoms with Crippen molar-refractivity contribution in [1.29, 1.82) is 0 Å². The molecule has 28 heavy (non-hydrogen) atoms. The number of aliphatic imine (C=N–C) groups is 1. The summed E-state index contributed by atoms with van der Waals surface area (Å²) in [5.74, 6) is 1.06. The molecule has 154 valence electrons. The number of nitrogens with one attached hydrogen (secondary N) is 2. The van der Waals surface area contributed by atoms with Crippen LogP contribution < -0.4 is 15.5 Å². The lowest BCUT2D eigenvalue weighted by Gasteiger charge is -2.31. The SMILES string of the molecule is CN=C(NCCN(C)C1CCCCC1)NCc1ccc(N2CCCC2=O)cc1. The lowest BCUT2D eigenvalue weighted by molar-refractivity contribution is -0.117. The summed E-state index contributed by atoms with van der Waals surface area (Å²) in [5, 5.41) is 6.79. The number of hydrogen-bond donors (Lipinski definition) is 2. The van der Waals surface area contributed by atoms with Crippen LogP contribution in [0.15, 0.2) is 29.3 Å². The van der Waals surface area contributed by atoms with E-state index in [1.54, 1.807) is 0 Å². The van der Waals surface area contributed by atoms with E-state index in [2.05, 4.69) is 39.7 Å². The molecule has 2 aliphatic rings. The van der Waals surface area contributed by atoms with E-state index in [0.717, 1.165) is 43.7 Å². The number of amides is 1. The van der Waals surface area contributed by atoms with Gasteiger partial charge in [0.1, 0.15) is 0 Å². The van der Waals surface area contributed by atoms with Crippen molar-refractivity contribution in [3.05, 3.63) is 29.8 Å². The number of guanidine groups is 1. The predicted octanol–water partition coefficient (Wildman–Crippen LogP) is 2.74. The second-order valence-electron chi connectivity index (χ2n) is 7.94. The molecule has 1 saturated carbocycles. The molecule has 1 aliphatic carbocycles. The van der Waals surface area contributed by atoms with Gasteiger partial charge in [0.25, 0.3) is 0 Å². The topological polar surface area (TPSA) is 60.0 Å². The molecule has 6 nitrogen and oxygen atoms in total. The summed E-state index contributed by atoms with van der Waals surface area (Å²) in [7, 11) is 4.04. The van der Waals surface area contributed by atoms with Gasteiger partial charge in [-0.3, -0.25) is 9.79 Å². The summed E-state index contributed by atoms with van der Waals surface area (Å²) >= 11 is 0. The monoisotopic (exact) mass is 385 g/mol. The summed E-state index contributed by atoms with van der Waals surface area (Å²) < 4.78 is 0. The molecule has 0 bridgehead atoms. The molecule has 1 amide bonds. The average Bonchev–Trinajstić information content (AvgIpc) is 3.17. The van der Waals surface area contributed by atoms with Crippen molar-refractivity contribution in [2.24, 2.45) is 4.99 Å². The van der Waals surface area contributed by atoms with E-state index in [-0.39, 0.29) is 5.91 Å². The van der Waals surface area contributed by atoms with E-state index in [1.807, 2.05) is 24.1 Å². The minimum Gasteiger partial charge on any atom is -0.355 e. The highest BCUT2D eigenvalue weighted by molar-refractivity contribution is 5.95. The van der Waals surface area contributed by atoms with Crippen molar-refractivity contribution >= 4 is 17.6 Å². The molecule has 1 aliphatic heterocycles. The van der Waals surface area contributed by atoms with Crippen molar-refractivity contribution in [3.63, 3.8) is 0 Å². The number of anilines is 1. The maximum atomic E-state index is 11.8. The van der Waals surface area contributed by atoms with Gasteiger partial charge in [-0.25, -0.2) is 0 Å². The fourth-order valence-corrected chi connectivity index (χ4v) is 4.18. The summed E-state index contributed by atoms with van der Waals surface area (Å²) in [6.07, 6.45) is 8.44. The van der Waals surface area contributed by atoms with Crippen LogP contribution in [0.4, 0.5) is 5.69 Å². The van der Waals surface area contributed by atoms with Crippen LogP contribution >= 0.6 is 0 Å². The van der Waals surface area contributed by atoms with E-state index in [9.17, 15) is 4.79 Å². The zero-order valence-corrected chi connectivity index (χ0v) is 17.4. The van der Waals surface area contributed by atoms with Crippen LogP contribution in [0.3, 0.4) is 0 Å². The van der Waals surface area contributed by atoms with Crippen LogP contribution in [0.5, 0.6) is 0 Å². The van der Waals surface area contributed by atoms with Crippen molar-refractivity contribution < 1.29 is 4.79 Å². The first-order chi connectivity index (χ1) is 13.7. The fraction of sp³-hybridized carbons (Fsp3) is 0.636. The zero-order valence-electron chi connectivity index (χ0n) is 17.4. The van der Waals surface area contributed by atoms with Gasteiger partial charge in [0.05, 0.1) is 0 Å². The lowest BCUT2D eigenvalue weighted by atomic mass is 9.94. The van der Waals surface area contributed by atoms with E-state index in [4.69, 9.17) is 0 Å². The molecule has 2 fully saturated rings. The van der Waals surface area contributed by atoms with Crippen LogP contribution in [0.25, 0.3) is 0 Å².